The summed E-state index contributed by atoms with van der Waals surface area (Å²) in [6, 6.07) is 6.28. The molecule has 2 aromatic rings. The smallest absolute Gasteiger partial charge is 0.294 e. The van der Waals surface area contributed by atoms with Crippen molar-refractivity contribution in [2.75, 3.05) is 0 Å². The molecule has 0 unspecified atom stereocenters. The summed E-state index contributed by atoms with van der Waals surface area (Å²) in [7, 11) is -4.30. The Morgan fingerprint density at radius 2 is 1.78 bits per heavy atom. The average molecular weight is 309 g/mol. The van der Waals surface area contributed by atoms with Crippen molar-refractivity contribution >= 4 is 26.6 Å². The first-order valence-electron chi connectivity index (χ1n) is 4.50. The molecule has 0 amide bonds. The quantitative estimate of drug-likeness (QED) is 0.502. The summed E-state index contributed by atoms with van der Waals surface area (Å²) >= 11 is 0. The first-order chi connectivity index (χ1) is 7.93. The van der Waals surface area contributed by atoms with Gasteiger partial charge in [0.2, 0.25) is 0 Å². The van der Waals surface area contributed by atoms with Crippen LogP contribution in [-0.2, 0) is 27.2 Å². The van der Waals surface area contributed by atoms with Crippen LogP contribution in [0.4, 0.5) is 5.69 Å². The molecule has 0 fully saturated rings. The van der Waals surface area contributed by atoms with Gasteiger partial charge in [0.25, 0.3) is 10.1 Å². The van der Waals surface area contributed by atoms with Gasteiger partial charge in [-0.2, -0.15) is 8.42 Å². The maximum atomic E-state index is 10.9. The van der Waals surface area contributed by atoms with Crippen molar-refractivity contribution in [3.63, 3.8) is 0 Å². The second-order valence-corrected chi connectivity index (χ2v) is 4.80. The van der Waals surface area contributed by atoms with Crippen molar-refractivity contribution in [3.05, 3.63) is 35.2 Å². The SMILES string of the molecule is O=Nc1c(O)ccc2cc(S(=O)(=O)O)ccc12.[Fe]. The Hall–Kier alpha value is -1.47. The topological polar surface area (TPSA) is 104 Å². The van der Waals surface area contributed by atoms with E-state index in [0.717, 1.165) is 6.07 Å². The van der Waals surface area contributed by atoms with Crippen LogP contribution < -0.4 is 0 Å². The molecule has 2 N–H and O–H groups in total. The largest absolute Gasteiger partial charge is 0.506 e. The third-order valence-electron chi connectivity index (χ3n) is 2.33. The van der Waals surface area contributed by atoms with E-state index in [2.05, 4.69) is 5.18 Å². The van der Waals surface area contributed by atoms with Gasteiger partial charge in [-0.3, -0.25) is 4.55 Å². The second kappa shape index (κ2) is 5.03. The van der Waals surface area contributed by atoms with Gasteiger partial charge in [-0.05, 0) is 28.8 Å². The van der Waals surface area contributed by atoms with E-state index >= 15 is 0 Å². The fourth-order valence-corrected chi connectivity index (χ4v) is 2.05. The van der Waals surface area contributed by atoms with Gasteiger partial charge in [0, 0.05) is 22.5 Å². The van der Waals surface area contributed by atoms with Crippen LogP contribution in [0.2, 0.25) is 0 Å². The summed E-state index contributed by atoms with van der Waals surface area (Å²) in [6.07, 6.45) is 0. The zero-order chi connectivity index (χ0) is 12.6. The Kier molecular flexibility index (Phi) is 4.08. The number of hydrogen-bond acceptors (Lipinski definition) is 5. The Labute approximate surface area is 113 Å². The molecule has 0 radical (unpaired) electrons. The van der Waals surface area contributed by atoms with Crippen molar-refractivity contribution in [3.8, 4) is 5.75 Å². The molecular formula is C10H7FeNO5S. The maximum absolute atomic E-state index is 10.9. The molecule has 0 heterocycles. The van der Waals surface area contributed by atoms with Crippen LogP contribution in [0.1, 0.15) is 0 Å². The van der Waals surface area contributed by atoms with E-state index < -0.39 is 10.1 Å². The molecule has 0 atom stereocenters. The molecule has 0 saturated carbocycles. The molecule has 96 valence electrons. The van der Waals surface area contributed by atoms with Crippen LogP contribution in [0.5, 0.6) is 5.75 Å². The molecule has 8 heteroatoms. The zero-order valence-corrected chi connectivity index (χ0v) is 10.6. The van der Waals surface area contributed by atoms with Crippen molar-refractivity contribution < 1.29 is 35.1 Å². The van der Waals surface area contributed by atoms with Crippen molar-refractivity contribution in [2.24, 2.45) is 5.18 Å². The van der Waals surface area contributed by atoms with E-state index in [4.69, 9.17) is 4.55 Å². The molecule has 0 bridgehead atoms. The van der Waals surface area contributed by atoms with Gasteiger partial charge >= 0.3 is 0 Å². The van der Waals surface area contributed by atoms with Crippen LogP contribution in [0, 0.1) is 4.91 Å². The standard InChI is InChI=1S/C10H7NO5S.Fe/c12-9-4-1-6-5-7(17(14,15)16)2-3-8(6)10(9)11-13;/h1-5,12H,(H,14,15,16);. The molecule has 0 saturated heterocycles. The fourth-order valence-electron chi connectivity index (χ4n) is 1.54. The summed E-state index contributed by atoms with van der Waals surface area (Å²) in [5, 5.41) is 12.7. The molecule has 0 aliphatic heterocycles. The molecule has 0 spiro atoms. The number of phenolic OH excluding ortho intramolecular Hbond substituents is 1. The van der Waals surface area contributed by atoms with Crippen LogP contribution in [0.25, 0.3) is 10.8 Å². The van der Waals surface area contributed by atoms with E-state index in [1.165, 1.54) is 24.3 Å². The predicted octanol–water partition coefficient (Wildman–Crippen LogP) is 2.19. The van der Waals surface area contributed by atoms with Crippen LogP contribution in [0.3, 0.4) is 0 Å². The fraction of sp³-hybridized carbons (Fsp3) is 0. The Bertz CT molecular complexity index is 714. The number of hydrogen-bond donors (Lipinski definition) is 2. The number of nitroso groups, excluding NO2 is 1. The number of nitrogens with zero attached hydrogens (tertiary/aromatic N) is 1. The first-order valence-corrected chi connectivity index (χ1v) is 5.94. The van der Waals surface area contributed by atoms with Crippen LogP contribution >= 0.6 is 0 Å². The Balaban J connectivity index is 0.00000162. The van der Waals surface area contributed by atoms with Gasteiger partial charge in [0.1, 0.15) is 5.75 Å². The minimum absolute atomic E-state index is 0. The van der Waals surface area contributed by atoms with Crippen molar-refractivity contribution in [2.45, 2.75) is 4.90 Å². The van der Waals surface area contributed by atoms with Gasteiger partial charge in [-0.1, -0.05) is 12.1 Å². The minimum atomic E-state index is -4.30. The maximum Gasteiger partial charge on any atom is 0.294 e. The van der Waals surface area contributed by atoms with E-state index in [-0.39, 0.29) is 33.4 Å². The summed E-state index contributed by atoms with van der Waals surface area (Å²) in [6.45, 7) is 0. The summed E-state index contributed by atoms with van der Waals surface area (Å²) < 4.78 is 30.7. The molecule has 2 aromatic carbocycles. The third kappa shape index (κ3) is 2.51. The summed E-state index contributed by atoms with van der Waals surface area (Å²) in [4.78, 5) is 10.3. The van der Waals surface area contributed by atoms with Crippen molar-refractivity contribution in [1.82, 2.24) is 0 Å². The monoisotopic (exact) mass is 309 g/mol. The van der Waals surface area contributed by atoms with E-state index in [9.17, 15) is 18.4 Å². The second-order valence-electron chi connectivity index (χ2n) is 3.38. The van der Waals surface area contributed by atoms with Crippen molar-refractivity contribution in [1.29, 1.82) is 0 Å². The van der Waals surface area contributed by atoms with Crippen LogP contribution in [0.15, 0.2) is 40.4 Å². The normalized spacial score (nSPS) is 10.9. The molecule has 0 aliphatic rings. The number of fused-ring (bicyclic) bond motifs is 1. The Morgan fingerprint density at radius 3 is 2.33 bits per heavy atom. The number of rotatable bonds is 2. The van der Waals surface area contributed by atoms with Crippen LogP contribution in [-0.4, -0.2) is 18.1 Å². The number of aromatic hydroxyl groups is 1. The number of phenols is 1. The molecule has 2 rings (SSSR count). The molecule has 0 aromatic heterocycles. The molecule has 18 heavy (non-hydrogen) atoms. The Morgan fingerprint density at radius 1 is 1.11 bits per heavy atom. The summed E-state index contributed by atoms with van der Waals surface area (Å²) in [5.41, 5.74) is -0.163. The van der Waals surface area contributed by atoms with E-state index in [1.54, 1.807) is 0 Å². The van der Waals surface area contributed by atoms with E-state index in [1.807, 2.05) is 0 Å². The minimum Gasteiger partial charge on any atom is -0.506 e. The molecule has 0 aliphatic carbocycles. The van der Waals surface area contributed by atoms with E-state index in [0.29, 0.717) is 10.8 Å². The van der Waals surface area contributed by atoms with Gasteiger partial charge in [0.15, 0.2) is 5.69 Å². The third-order valence-corrected chi connectivity index (χ3v) is 3.18. The molecular weight excluding hydrogens is 302 g/mol. The summed E-state index contributed by atoms with van der Waals surface area (Å²) in [5.74, 6) is -0.285. The van der Waals surface area contributed by atoms with Gasteiger partial charge in [-0.25, -0.2) is 0 Å². The predicted molar refractivity (Wildman–Crippen MR) is 60.9 cm³/mol. The van der Waals surface area contributed by atoms with Gasteiger partial charge < -0.3 is 5.11 Å². The number of benzene rings is 2. The first kappa shape index (κ1) is 14.6. The molecule has 6 nitrogen and oxygen atoms in total. The zero-order valence-electron chi connectivity index (χ0n) is 8.71. The van der Waals surface area contributed by atoms with Gasteiger partial charge in [-0.15, -0.1) is 4.91 Å². The average Bonchev–Trinajstić information content (AvgIpc) is 2.27. The van der Waals surface area contributed by atoms with Gasteiger partial charge in [0.05, 0.1) is 4.90 Å².